The van der Waals surface area contributed by atoms with E-state index < -0.39 is 10.1 Å². The molecule has 2 rings (SSSR count). The fourth-order valence-corrected chi connectivity index (χ4v) is 1.54. The first-order chi connectivity index (χ1) is 8.00. The van der Waals surface area contributed by atoms with E-state index in [0.29, 0.717) is 0 Å². The van der Waals surface area contributed by atoms with Crippen LogP contribution in [0.1, 0.15) is 5.69 Å². The summed E-state index contributed by atoms with van der Waals surface area (Å²) < 4.78 is 29.2. The molecule has 0 atom stereocenters. The van der Waals surface area contributed by atoms with E-state index in [1.54, 1.807) is 24.4 Å². The number of aryl methyl sites for hydroxylation is 1. The second kappa shape index (κ2) is 6.12. The van der Waals surface area contributed by atoms with Crippen LogP contribution in [0.25, 0.3) is 0 Å². The van der Waals surface area contributed by atoms with Crippen LogP contribution in [0.2, 0.25) is 0 Å². The van der Waals surface area contributed by atoms with Crippen LogP contribution >= 0.6 is 0 Å². The van der Waals surface area contributed by atoms with Crippen LogP contribution in [0.15, 0.2) is 59.6 Å². The Morgan fingerprint density at radius 2 is 1.59 bits per heavy atom. The summed E-state index contributed by atoms with van der Waals surface area (Å²) in [6, 6.07) is 13.3. The van der Waals surface area contributed by atoms with Gasteiger partial charge in [-0.2, -0.15) is 8.42 Å². The molecule has 1 aromatic carbocycles. The minimum absolute atomic E-state index is 0.0741. The molecule has 0 aliphatic rings. The van der Waals surface area contributed by atoms with E-state index in [0.717, 1.165) is 5.69 Å². The second-order valence-corrected chi connectivity index (χ2v) is 4.68. The van der Waals surface area contributed by atoms with Crippen molar-refractivity contribution in [2.75, 3.05) is 0 Å². The summed E-state index contributed by atoms with van der Waals surface area (Å²) in [6.07, 6.45) is 1.79. The molecule has 5 heteroatoms. The summed E-state index contributed by atoms with van der Waals surface area (Å²) in [4.78, 5) is 3.91. The van der Waals surface area contributed by atoms with Gasteiger partial charge in [0.2, 0.25) is 0 Å². The third-order valence-corrected chi connectivity index (χ3v) is 2.72. The highest BCUT2D eigenvalue weighted by atomic mass is 32.2. The van der Waals surface area contributed by atoms with Crippen molar-refractivity contribution in [3.8, 4) is 0 Å². The molecule has 1 N–H and O–H groups in total. The third-order valence-electron chi connectivity index (χ3n) is 1.85. The van der Waals surface area contributed by atoms with Gasteiger partial charge in [0, 0.05) is 11.9 Å². The van der Waals surface area contributed by atoms with E-state index in [2.05, 4.69) is 4.98 Å². The Labute approximate surface area is 101 Å². The number of rotatable bonds is 1. The molecule has 0 aliphatic carbocycles. The zero-order chi connectivity index (χ0) is 12.7. The van der Waals surface area contributed by atoms with E-state index in [1.165, 1.54) is 12.1 Å². The van der Waals surface area contributed by atoms with Gasteiger partial charge in [-0.3, -0.25) is 9.54 Å². The highest BCUT2D eigenvalue weighted by Crippen LogP contribution is 2.05. The average molecular weight is 251 g/mol. The lowest BCUT2D eigenvalue weighted by Crippen LogP contribution is -1.96. The summed E-state index contributed by atoms with van der Waals surface area (Å²) in [7, 11) is -4.00. The van der Waals surface area contributed by atoms with Crippen LogP contribution in [-0.4, -0.2) is 18.0 Å². The van der Waals surface area contributed by atoms with E-state index in [-0.39, 0.29) is 4.90 Å². The molecule has 0 saturated heterocycles. The van der Waals surface area contributed by atoms with Gasteiger partial charge < -0.3 is 0 Å². The first-order valence-corrected chi connectivity index (χ1v) is 6.34. The van der Waals surface area contributed by atoms with Crippen molar-refractivity contribution < 1.29 is 13.0 Å². The summed E-state index contributed by atoms with van der Waals surface area (Å²) in [5.41, 5.74) is 1.07. The summed E-state index contributed by atoms with van der Waals surface area (Å²) in [6.45, 7) is 1.97. The molecular weight excluding hydrogens is 238 g/mol. The number of nitrogens with zero attached hydrogens (tertiary/aromatic N) is 1. The maximum atomic E-state index is 10.4. The van der Waals surface area contributed by atoms with E-state index in [4.69, 9.17) is 4.55 Å². The smallest absolute Gasteiger partial charge is 0.282 e. The summed E-state index contributed by atoms with van der Waals surface area (Å²) in [5, 5.41) is 0. The van der Waals surface area contributed by atoms with Crippen molar-refractivity contribution in [3.05, 3.63) is 60.4 Å². The molecule has 90 valence electrons. The molecule has 0 spiro atoms. The van der Waals surface area contributed by atoms with Crippen molar-refractivity contribution >= 4 is 10.1 Å². The molecule has 0 fully saturated rings. The molecule has 17 heavy (non-hydrogen) atoms. The normalized spacial score (nSPS) is 10.2. The quantitative estimate of drug-likeness (QED) is 0.790. The van der Waals surface area contributed by atoms with E-state index in [9.17, 15) is 8.42 Å². The predicted molar refractivity (Wildman–Crippen MR) is 65.2 cm³/mol. The van der Waals surface area contributed by atoms with Crippen LogP contribution in [0.4, 0.5) is 0 Å². The zero-order valence-corrected chi connectivity index (χ0v) is 10.1. The molecule has 0 amide bonds. The van der Waals surface area contributed by atoms with Crippen LogP contribution in [0, 0.1) is 6.92 Å². The second-order valence-electron chi connectivity index (χ2n) is 3.26. The van der Waals surface area contributed by atoms with Gasteiger partial charge in [0.15, 0.2) is 0 Å². The molecule has 1 aromatic heterocycles. The van der Waals surface area contributed by atoms with Gasteiger partial charge in [-0.15, -0.1) is 0 Å². The Kier molecular flexibility index (Phi) is 4.81. The maximum Gasteiger partial charge on any atom is 0.294 e. The molecule has 0 aliphatic heterocycles. The first-order valence-electron chi connectivity index (χ1n) is 4.90. The number of aromatic nitrogens is 1. The van der Waals surface area contributed by atoms with Crippen molar-refractivity contribution in [3.63, 3.8) is 0 Å². The van der Waals surface area contributed by atoms with E-state index >= 15 is 0 Å². The van der Waals surface area contributed by atoms with Gasteiger partial charge in [0.05, 0.1) is 4.90 Å². The van der Waals surface area contributed by atoms with Crippen molar-refractivity contribution in [2.45, 2.75) is 11.8 Å². The zero-order valence-electron chi connectivity index (χ0n) is 9.32. The number of pyridine rings is 1. The van der Waals surface area contributed by atoms with Gasteiger partial charge >= 0.3 is 0 Å². The van der Waals surface area contributed by atoms with Gasteiger partial charge in [-0.1, -0.05) is 24.3 Å². The molecule has 0 saturated carbocycles. The summed E-state index contributed by atoms with van der Waals surface area (Å²) in [5.74, 6) is 0. The lowest BCUT2D eigenvalue weighted by molar-refractivity contribution is 0.483. The minimum Gasteiger partial charge on any atom is -0.282 e. The van der Waals surface area contributed by atoms with Gasteiger partial charge in [-0.25, -0.2) is 0 Å². The van der Waals surface area contributed by atoms with Crippen LogP contribution < -0.4 is 0 Å². The third kappa shape index (κ3) is 5.24. The minimum atomic E-state index is -4.00. The van der Waals surface area contributed by atoms with Gasteiger partial charge in [0.25, 0.3) is 10.1 Å². The SMILES string of the molecule is Cc1ccccn1.O=S(=O)(O)c1ccccc1. The lowest BCUT2D eigenvalue weighted by atomic mass is 10.4. The molecule has 2 aromatic rings. The Morgan fingerprint density at radius 1 is 1.00 bits per heavy atom. The highest BCUT2D eigenvalue weighted by Gasteiger charge is 2.05. The molecule has 1 heterocycles. The first kappa shape index (κ1) is 13.3. The summed E-state index contributed by atoms with van der Waals surface area (Å²) >= 11 is 0. The lowest BCUT2D eigenvalue weighted by Gasteiger charge is -1.92. The maximum absolute atomic E-state index is 10.4. The molecule has 0 bridgehead atoms. The van der Waals surface area contributed by atoms with Crippen molar-refractivity contribution in [1.82, 2.24) is 4.98 Å². The largest absolute Gasteiger partial charge is 0.294 e. The Hall–Kier alpha value is -1.72. The van der Waals surface area contributed by atoms with Gasteiger partial charge in [0.1, 0.15) is 0 Å². The Bertz CT molecular complexity index is 538. The fraction of sp³-hybridized carbons (Fsp3) is 0.0833. The van der Waals surface area contributed by atoms with Crippen LogP contribution in [0.5, 0.6) is 0 Å². The molecule has 0 radical (unpaired) electrons. The number of benzene rings is 1. The molecule has 0 unspecified atom stereocenters. The Balaban J connectivity index is 0.000000181. The van der Waals surface area contributed by atoms with Crippen LogP contribution in [-0.2, 0) is 10.1 Å². The topological polar surface area (TPSA) is 67.3 Å². The number of hydrogen-bond donors (Lipinski definition) is 1. The Morgan fingerprint density at radius 3 is 1.88 bits per heavy atom. The van der Waals surface area contributed by atoms with Gasteiger partial charge in [-0.05, 0) is 31.2 Å². The van der Waals surface area contributed by atoms with Crippen LogP contribution in [0.3, 0.4) is 0 Å². The molecule has 4 nitrogen and oxygen atoms in total. The molecular formula is C12H13NO3S. The fourth-order valence-electron chi connectivity index (χ4n) is 1.04. The monoisotopic (exact) mass is 251 g/mol. The average Bonchev–Trinajstić information content (AvgIpc) is 2.31. The van der Waals surface area contributed by atoms with E-state index in [1.807, 2.05) is 25.1 Å². The standard InChI is InChI=1S/C6H7N.C6H6O3S/c1-6-4-2-3-5-7-6;7-10(8,9)6-4-2-1-3-5-6/h2-5H,1H3;1-5H,(H,7,8,9). The van der Waals surface area contributed by atoms with Crippen molar-refractivity contribution in [2.24, 2.45) is 0 Å². The highest BCUT2D eigenvalue weighted by molar-refractivity contribution is 7.85. The predicted octanol–water partition coefficient (Wildman–Crippen LogP) is 2.32. The van der Waals surface area contributed by atoms with Crippen molar-refractivity contribution in [1.29, 1.82) is 0 Å². The number of hydrogen-bond acceptors (Lipinski definition) is 3.